The monoisotopic (exact) mass is 260 g/mol. The van der Waals surface area contributed by atoms with Gasteiger partial charge in [0.25, 0.3) is 5.22 Å². The highest BCUT2D eigenvalue weighted by atomic mass is 35.5. The molecule has 0 fully saturated rings. The van der Waals surface area contributed by atoms with Gasteiger partial charge in [0, 0.05) is 16.8 Å². The van der Waals surface area contributed by atoms with Crippen LogP contribution >= 0.6 is 34.7 Å². The predicted octanol–water partition coefficient (Wildman–Crippen LogP) is 3.69. The van der Waals surface area contributed by atoms with Crippen LogP contribution in [0, 0.1) is 13.8 Å². The van der Waals surface area contributed by atoms with Crippen LogP contribution in [-0.4, -0.2) is 9.97 Å². The summed E-state index contributed by atoms with van der Waals surface area (Å²) in [6.45, 7) is 3.85. The molecule has 3 nitrogen and oxygen atoms in total. The summed E-state index contributed by atoms with van der Waals surface area (Å²) in [5, 5.41) is 0.703. The molecule has 2 aromatic heterocycles. The lowest BCUT2D eigenvalue weighted by Crippen LogP contribution is -1.75. The standard InChI is InChI=1S/C9H9ClN2OS2/c1-5-6(2)13-9(12-5)14-4-7-3-11-8(10)15-7/h3H,4H2,1-2H3. The van der Waals surface area contributed by atoms with E-state index in [4.69, 9.17) is 16.0 Å². The quantitative estimate of drug-likeness (QED) is 0.789. The largest absolute Gasteiger partial charge is 0.437 e. The maximum atomic E-state index is 5.73. The van der Waals surface area contributed by atoms with Crippen molar-refractivity contribution in [2.24, 2.45) is 0 Å². The third kappa shape index (κ3) is 2.74. The van der Waals surface area contributed by atoms with E-state index in [9.17, 15) is 0 Å². The number of halogens is 1. The Morgan fingerprint density at radius 1 is 1.53 bits per heavy atom. The van der Waals surface area contributed by atoms with Gasteiger partial charge in [-0.25, -0.2) is 9.97 Å². The number of hydrogen-bond acceptors (Lipinski definition) is 5. The van der Waals surface area contributed by atoms with Crippen molar-refractivity contribution in [1.29, 1.82) is 0 Å². The van der Waals surface area contributed by atoms with Crippen molar-refractivity contribution >= 4 is 34.7 Å². The van der Waals surface area contributed by atoms with Crippen LogP contribution in [0.4, 0.5) is 0 Å². The number of thiazole rings is 1. The Hall–Kier alpha value is -0.520. The summed E-state index contributed by atoms with van der Waals surface area (Å²) in [5.74, 6) is 1.67. The zero-order chi connectivity index (χ0) is 10.8. The topological polar surface area (TPSA) is 38.9 Å². The van der Waals surface area contributed by atoms with Crippen LogP contribution in [0.15, 0.2) is 15.8 Å². The van der Waals surface area contributed by atoms with E-state index in [1.54, 1.807) is 18.0 Å². The fourth-order valence-electron chi connectivity index (χ4n) is 0.988. The van der Waals surface area contributed by atoms with E-state index in [2.05, 4.69) is 9.97 Å². The maximum Gasteiger partial charge on any atom is 0.256 e. The molecule has 0 spiro atoms. The zero-order valence-corrected chi connectivity index (χ0v) is 10.7. The van der Waals surface area contributed by atoms with E-state index < -0.39 is 0 Å². The van der Waals surface area contributed by atoms with Crippen LogP contribution in [0.5, 0.6) is 0 Å². The molecule has 0 aliphatic heterocycles. The second-order valence-corrected chi connectivity index (χ2v) is 5.61. The molecule has 2 heterocycles. The summed E-state index contributed by atoms with van der Waals surface area (Å²) < 4.78 is 6.02. The Morgan fingerprint density at radius 3 is 2.87 bits per heavy atom. The van der Waals surface area contributed by atoms with Crippen molar-refractivity contribution in [3.05, 3.63) is 27.0 Å². The smallest absolute Gasteiger partial charge is 0.256 e. The average molecular weight is 261 g/mol. The minimum atomic E-state index is 0.574. The van der Waals surface area contributed by atoms with Crippen molar-refractivity contribution in [2.75, 3.05) is 0 Å². The lowest BCUT2D eigenvalue weighted by molar-refractivity contribution is 0.431. The fourth-order valence-corrected chi connectivity index (χ4v) is 2.90. The molecule has 80 valence electrons. The molecule has 0 saturated carbocycles. The summed E-state index contributed by atoms with van der Waals surface area (Å²) in [4.78, 5) is 9.37. The number of oxazole rings is 1. The van der Waals surface area contributed by atoms with Gasteiger partial charge in [-0.15, -0.1) is 11.3 Å². The molecule has 0 amide bonds. The minimum Gasteiger partial charge on any atom is -0.437 e. The third-order valence-corrected chi connectivity index (χ3v) is 4.05. The van der Waals surface area contributed by atoms with Gasteiger partial charge in [-0.3, -0.25) is 0 Å². The third-order valence-electron chi connectivity index (χ3n) is 1.87. The fraction of sp³-hybridized carbons (Fsp3) is 0.333. The number of rotatable bonds is 3. The molecule has 0 aliphatic rings. The van der Waals surface area contributed by atoms with Crippen LogP contribution in [0.25, 0.3) is 0 Å². The van der Waals surface area contributed by atoms with Crippen molar-refractivity contribution in [1.82, 2.24) is 9.97 Å². The van der Waals surface area contributed by atoms with E-state index in [0.29, 0.717) is 9.69 Å². The van der Waals surface area contributed by atoms with Gasteiger partial charge in [-0.05, 0) is 13.8 Å². The van der Waals surface area contributed by atoms with Gasteiger partial charge in [0.1, 0.15) is 5.76 Å². The highest BCUT2D eigenvalue weighted by Gasteiger charge is 2.07. The second-order valence-electron chi connectivity index (χ2n) is 2.99. The number of aryl methyl sites for hydroxylation is 2. The van der Waals surface area contributed by atoms with Gasteiger partial charge in [0.05, 0.1) is 5.69 Å². The molecule has 15 heavy (non-hydrogen) atoms. The van der Waals surface area contributed by atoms with E-state index in [-0.39, 0.29) is 0 Å². The van der Waals surface area contributed by atoms with Gasteiger partial charge >= 0.3 is 0 Å². The van der Waals surface area contributed by atoms with Crippen LogP contribution in [0.2, 0.25) is 4.47 Å². The number of nitrogens with zero attached hydrogens (tertiary/aromatic N) is 2. The molecule has 0 N–H and O–H groups in total. The van der Waals surface area contributed by atoms with Gasteiger partial charge in [0.2, 0.25) is 0 Å². The predicted molar refractivity (Wildman–Crippen MR) is 62.7 cm³/mol. The first-order valence-corrected chi connectivity index (χ1v) is 6.50. The molecular formula is C9H9ClN2OS2. The Bertz CT molecular complexity index is 447. The van der Waals surface area contributed by atoms with Crippen molar-refractivity contribution in [2.45, 2.75) is 24.8 Å². The molecule has 0 aliphatic carbocycles. The normalized spacial score (nSPS) is 10.9. The first kappa shape index (κ1) is 11.0. The molecule has 2 rings (SSSR count). The lowest BCUT2D eigenvalue weighted by Gasteiger charge is -1.91. The van der Waals surface area contributed by atoms with E-state index in [1.807, 2.05) is 13.8 Å². The SMILES string of the molecule is Cc1nc(SCc2cnc(Cl)s2)oc1C. The van der Waals surface area contributed by atoms with Crippen molar-refractivity contribution in [3.63, 3.8) is 0 Å². The van der Waals surface area contributed by atoms with E-state index in [0.717, 1.165) is 22.1 Å². The first-order valence-electron chi connectivity index (χ1n) is 4.32. The second kappa shape index (κ2) is 4.55. The molecule has 0 atom stereocenters. The summed E-state index contributed by atoms with van der Waals surface area (Å²) in [5.41, 5.74) is 0.944. The van der Waals surface area contributed by atoms with Crippen LogP contribution in [-0.2, 0) is 5.75 Å². The number of thioether (sulfide) groups is 1. The molecular weight excluding hydrogens is 252 g/mol. The molecule has 0 radical (unpaired) electrons. The molecule has 6 heteroatoms. The average Bonchev–Trinajstić information content (AvgIpc) is 2.72. The van der Waals surface area contributed by atoms with E-state index in [1.165, 1.54) is 11.3 Å². The van der Waals surface area contributed by atoms with E-state index >= 15 is 0 Å². The Morgan fingerprint density at radius 2 is 2.33 bits per heavy atom. The van der Waals surface area contributed by atoms with Crippen molar-refractivity contribution in [3.8, 4) is 0 Å². The Kier molecular flexibility index (Phi) is 3.33. The molecule has 0 bridgehead atoms. The first-order chi connectivity index (χ1) is 7.15. The maximum absolute atomic E-state index is 5.73. The Balaban J connectivity index is 1.99. The van der Waals surface area contributed by atoms with Gasteiger partial charge < -0.3 is 4.42 Å². The molecule has 0 saturated heterocycles. The molecule has 0 aromatic carbocycles. The minimum absolute atomic E-state index is 0.574. The van der Waals surface area contributed by atoms with Gasteiger partial charge in [0.15, 0.2) is 4.47 Å². The summed E-state index contributed by atoms with van der Waals surface area (Å²) in [6, 6.07) is 0. The molecule has 2 aromatic rings. The zero-order valence-electron chi connectivity index (χ0n) is 8.28. The summed E-state index contributed by atoms with van der Waals surface area (Å²) >= 11 is 8.77. The summed E-state index contributed by atoms with van der Waals surface area (Å²) in [7, 11) is 0. The van der Waals surface area contributed by atoms with Crippen LogP contribution < -0.4 is 0 Å². The lowest BCUT2D eigenvalue weighted by atomic mass is 10.4. The van der Waals surface area contributed by atoms with Gasteiger partial charge in [-0.2, -0.15) is 0 Å². The van der Waals surface area contributed by atoms with Crippen LogP contribution in [0.1, 0.15) is 16.3 Å². The highest BCUT2D eigenvalue weighted by molar-refractivity contribution is 7.98. The molecule has 0 unspecified atom stereocenters. The van der Waals surface area contributed by atoms with Gasteiger partial charge in [-0.1, -0.05) is 23.4 Å². The Labute approximate surface area is 101 Å². The number of aromatic nitrogens is 2. The number of hydrogen-bond donors (Lipinski definition) is 0. The summed E-state index contributed by atoms with van der Waals surface area (Å²) in [6.07, 6.45) is 1.78. The van der Waals surface area contributed by atoms with Crippen LogP contribution in [0.3, 0.4) is 0 Å². The van der Waals surface area contributed by atoms with Crippen molar-refractivity contribution < 1.29 is 4.42 Å². The highest BCUT2D eigenvalue weighted by Crippen LogP contribution is 2.27.